The van der Waals surface area contributed by atoms with Crippen molar-refractivity contribution >= 4 is 11.8 Å². The summed E-state index contributed by atoms with van der Waals surface area (Å²) in [7, 11) is 0. The molecule has 2 aromatic rings. The molecule has 0 spiro atoms. The summed E-state index contributed by atoms with van der Waals surface area (Å²) in [5.74, 6) is 1.84. The number of anilines is 2. The van der Waals surface area contributed by atoms with Crippen LogP contribution in [0.2, 0.25) is 0 Å². The molecular formula is C15H21N5. The van der Waals surface area contributed by atoms with Crippen molar-refractivity contribution in [1.29, 1.82) is 0 Å². The number of nitrogens with one attached hydrogen (secondary N) is 2. The molecule has 20 heavy (non-hydrogen) atoms. The van der Waals surface area contributed by atoms with Gasteiger partial charge in [-0.1, -0.05) is 38.1 Å². The number of hydrogen-bond donors (Lipinski definition) is 2. The van der Waals surface area contributed by atoms with E-state index in [1.165, 1.54) is 11.1 Å². The molecule has 0 unspecified atom stereocenters. The molecule has 0 saturated heterocycles. The predicted molar refractivity (Wildman–Crippen MR) is 81.7 cm³/mol. The van der Waals surface area contributed by atoms with Crippen molar-refractivity contribution in [2.75, 3.05) is 17.2 Å². The molecule has 1 aromatic heterocycles. The maximum atomic E-state index is 4.39. The maximum absolute atomic E-state index is 4.39. The Labute approximate surface area is 119 Å². The van der Waals surface area contributed by atoms with Gasteiger partial charge in [-0.3, -0.25) is 0 Å². The number of aryl methyl sites for hydroxylation is 1. The van der Waals surface area contributed by atoms with E-state index in [0.29, 0.717) is 11.9 Å². The summed E-state index contributed by atoms with van der Waals surface area (Å²) in [6.45, 7) is 7.95. The molecular weight excluding hydrogens is 250 g/mol. The minimum Gasteiger partial charge on any atom is -0.365 e. The van der Waals surface area contributed by atoms with Gasteiger partial charge in [0.1, 0.15) is 0 Å². The summed E-state index contributed by atoms with van der Waals surface area (Å²) >= 11 is 0. The van der Waals surface area contributed by atoms with Crippen molar-refractivity contribution in [3.63, 3.8) is 0 Å². The van der Waals surface area contributed by atoms with Gasteiger partial charge < -0.3 is 10.6 Å². The van der Waals surface area contributed by atoms with E-state index in [4.69, 9.17) is 0 Å². The van der Waals surface area contributed by atoms with Crippen LogP contribution in [0.1, 0.15) is 25.0 Å². The highest BCUT2D eigenvalue weighted by molar-refractivity contribution is 5.38. The number of nitrogens with zero attached hydrogens (tertiary/aromatic N) is 3. The first-order chi connectivity index (χ1) is 9.65. The third-order valence-corrected chi connectivity index (χ3v) is 2.95. The lowest BCUT2D eigenvalue weighted by Crippen LogP contribution is -2.12. The molecule has 0 radical (unpaired) electrons. The number of benzene rings is 1. The van der Waals surface area contributed by atoms with Gasteiger partial charge >= 0.3 is 0 Å². The monoisotopic (exact) mass is 271 g/mol. The first-order valence-electron chi connectivity index (χ1n) is 6.87. The van der Waals surface area contributed by atoms with Gasteiger partial charge in [-0.05, 0) is 24.0 Å². The lowest BCUT2D eigenvalue weighted by molar-refractivity contribution is 0.682. The molecule has 5 nitrogen and oxygen atoms in total. The van der Waals surface area contributed by atoms with Crippen LogP contribution in [-0.2, 0) is 6.54 Å². The summed E-state index contributed by atoms with van der Waals surface area (Å²) in [6, 6.07) is 8.29. The highest BCUT2D eigenvalue weighted by Gasteiger charge is 2.02. The molecule has 0 amide bonds. The Bertz CT molecular complexity index is 553. The van der Waals surface area contributed by atoms with Gasteiger partial charge in [-0.15, -0.1) is 5.10 Å². The minimum absolute atomic E-state index is 0.544. The molecule has 0 atom stereocenters. The van der Waals surface area contributed by atoms with Crippen LogP contribution in [0, 0.1) is 12.8 Å². The number of rotatable bonds is 6. The minimum atomic E-state index is 0.544. The standard InChI is InChI=1S/C15H21N5/c1-11(2)8-17-15-19-14(10-18-20-15)16-9-13-7-5-4-6-12(13)3/h4-7,10-11H,8-9H2,1-3H3,(H2,16,17,19,20). The van der Waals surface area contributed by atoms with Crippen molar-refractivity contribution in [2.24, 2.45) is 5.92 Å². The highest BCUT2D eigenvalue weighted by atomic mass is 15.3. The van der Waals surface area contributed by atoms with Crippen LogP contribution in [0.5, 0.6) is 0 Å². The second-order valence-corrected chi connectivity index (χ2v) is 5.22. The van der Waals surface area contributed by atoms with E-state index in [-0.39, 0.29) is 0 Å². The van der Waals surface area contributed by atoms with Crippen LogP contribution >= 0.6 is 0 Å². The normalized spacial score (nSPS) is 10.6. The Morgan fingerprint density at radius 1 is 1.15 bits per heavy atom. The van der Waals surface area contributed by atoms with Crippen LogP contribution in [-0.4, -0.2) is 21.7 Å². The largest absolute Gasteiger partial charge is 0.365 e. The van der Waals surface area contributed by atoms with Gasteiger partial charge in [0.15, 0.2) is 5.82 Å². The van der Waals surface area contributed by atoms with Crippen LogP contribution < -0.4 is 10.6 Å². The molecule has 0 fully saturated rings. The van der Waals surface area contributed by atoms with Crippen molar-refractivity contribution in [3.05, 3.63) is 41.6 Å². The number of aromatic nitrogens is 3. The topological polar surface area (TPSA) is 62.7 Å². The molecule has 0 bridgehead atoms. The summed E-state index contributed by atoms with van der Waals surface area (Å²) in [5, 5.41) is 14.4. The van der Waals surface area contributed by atoms with Crippen molar-refractivity contribution in [2.45, 2.75) is 27.3 Å². The van der Waals surface area contributed by atoms with Crippen LogP contribution in [0.25, 0.3) is 0 Å². The van der Waals surface area contributed by atoms with E-state index in [9.17, 15) is 0 Å². The van der Waals surface area contributed by atoms with Gasteiger partial charge in [0.05, 0.1) is 6.20 Å². The predicted octanol–water partition coefficient (Wildman–Crippen LogP) is 2.86. The molecule has 0 aliphatic rings. The summed E-state index contributed by atoms with van der Waals surface area (Å²) in [6.07, 6.45) is 1.64. The Hall–Kier alpha value is -2.17. The van der Waals surface area contributed by atoms with Crippen LogP contribution in [0.15, 0.2) is 30.5 Å². The van der Waals surface area contributed by atoms with Gasteiger partial charge in [0, 0.05) is 13.1 Å². The molecule has 0 aliphatic heterocycles. The summed E-state index contributed by atoms with van der Waals surface area (Å²) in [5.41, 5.74) is 2.52. The van der Waals surface area contributed by atoms with Crippen LogP contribution in [0.3, 0.4) is 0 Å². The molecule has 1 aromatic carbocycles. The molecule has 1 heterocycles. The third-order valence-electron chi connectivity index (χ3n) is 2.95. The second kappa shape index (κ2) is 6.84. The quantitative estimate of drug-likeness (QED) is 0.846. The van der Waals surface area contributed by atoms with Crippen molar-refractivity contribution in [3.8, 4) is 0 Å². The fourth-order valence-corrected chi connectivity index (χ4v) is 1.75. The van der Waals surface area contributed by atoms with Crippen molar-refractivity contribution in [1.82, 2.24) is 15.2 Å². The van der Waals surface area contributed by atoms with Gasteiger partial charge in [-0.2, -0.15) is 10.1 Å². The highest BCUT2D eigenvalue weighted by Crippen LogP contribution is 2.10. The van der Waals surface area contributed by atoms with E-state index in [0.717, 1.165) is 18.9 Å². The first kappa shape index (κ1) is 14.2. The lowest BCUT2D eigenvalue weighted by Gasteiger charge is -2.10. The molecule has 0 saturated carbocycles. The fraction of sp³-hybridized carbons (Fsp3) is 0.400. The summed E-state index contributed by atoms with van der Waals surface area (Å²) < 4.78 is 0. The molecule has 0 aliphatic carbocycles. The van der Waals surface area contributed by atoms with E-state index >= 15 is 0 Å². The van der Waals surface area contributed by atoms with Gasteiger partial charge in [0.25, 0.3) is 0 Å². The first-order valence-corrected chi connectivity index (χ1v) is 6.87. The van der Waals surface area contributed by atoms with E-state index in [2.05, 4.69) is 58.7 Å². The van der Waals surface area contributed by atoms with Crippen LogP contribution in [0.4, 0.5) is 11.8 Å². The molecule has 5 heteroatoms. The molecule has 2 rings (SSSR count). The average molecular weight is 271 g/mol. The average Bonchev–Trinajstić information content (AvgIpc) is 2.45. The Morgan fingerprint density at radius 2 is 1.95 bits per heavy atom. The summed E-state index contributed by atoms with van der Waals surface area (Å²) in [4.78, 5) is 4.39. The zero-order chi connectivity index (χ0) is 14.4. The smallest absolute Gasteiger partial charge is 0.244 e. The number of hydrogen-bond acceptors (Lipinski definition) is 5. The molecule has 106 valence electrons. The zero-order valence-corrected chi connectivity index (χ0v) is 12.2. The molecule has 2 N–H and O–H groups in total. The SMILES string of the molecule is Cc1ccccc1CNc1cnnc(NCC(C)C)n1. The van der Waals surface area contributed by atoms with E-state index in [1.54, 1.807) is 6.20 Å². The van der Waals surface area contributed by atoms with Gasteiger partial charge in [0.2, 0.25) is 5.95 Å². The van der Waals surface area contributed by atoms with E-state index < -0.39 is 0 Å². The fourth-order valence-electron chi connectivity index (χ4n) is 1.75. The Morgan fingerprint density at radius 3 is 2.70 bits per heavy atom. The van der Waals surface area contributed by atoms with Crippen molar-refractivity contribution < 1.29 is 0 Å². The second-order valence-electron chi connectivity index (χ2n) is 5.22. The Balaban J connectivity index is 1.96. The van der Waals surface area contributed by atoms with Gasteiger partial charge in [-0.25, -0.2) is 0 Å². The zero-order valence-electron chi connectivity index (χ0n) is 12.2. The maximum Gasteiger partial charge on any atom is 0.244 e. The Kier molecular flexibility index (Phi) is 4.87. The third kappa shape index (κ3) is 4.19. The lowest BCUT2D eigenvalue weighted by atomic mass is 10.1. The van der Waals surface area contributed by atoms with E-state index in [1.807, 2.05) is 12.1 Å².